The second-order valence-electron chi connectivity index (χ2n) is 8.94. The van der Waals surface area contributed by atoms with Crippen molar-refractivity contribution in [3.05, 3.63) is 71.9 Å². The van der Waals surface area contributed by atoms with E-state index in [0.29, 0.717) is 38.5 Å². The van der Waals surface area contributed by atoms with Gasteiger partial charge in [0.2, 0.25) is 0 Å². The van der Waals surface area contributed by atoms with Crippen LogP contribution in [0.3, 0.4) is 0 Å². The summed E-state index contributed by atoms with van der Waals surface area (Å²) >= 11 is 0. The third kappa shape index (κ3) is 5.06. The van der Waals surface area contributed by atoms with E-state index in [4.69, 9.17) is 0 Å². The van der Waals surface area contributed by atoms with Crippen LogP contribution >= 0.6 is 0 Å². The van der Waals surface area contributed by atoms with E-state index in [2.05, 4.69) is 4.98 Å². The topological polar surface area (TPSA) is 101 Å². The lowest BCUT2D eigenvalue weighted by Gasteiger charge is -2.20. The van der Waals surface area contributed by atoms with Crippen LogP contribution in [-0.2, 0) is 36.6 Å². The summed E-state index contributed by atoms with van der Waals surface area (Å²) in [5.41, 5.74) is 2.13. The standard InChI is InChI=1S/C26H26N2O5S2/c1-17(29)11-18-12-22-21(23(14-18)28(2)3)13-19(15-25(22)34(4,30)31)16-35(32,33)24-9-5-7-20-8-6-10-27-26(20)24/h5-10,12-15H,11,16H2,1-4H3. The minimum Gasteiger partial charge on any atom is -0.377 e. The van der Waals surface area contributed by atoms with Crippen LogP contribution in [0.15, 0.2) is 70.6 Å². The number of nitrogens with zero attached hydrogens (tertiary/aromatic N) is 2. The van der Waals surface area contributed by atoms with Gasteiger partial charge in [0, 0.05) is 54.8 Å². The Kier molecular flexibility index (Phi) is 6.42. The largest absolute Gasteiger partial charge is 0.377 e. The average molecular weight is 511 g/mol. The molecule has 0 bridgehead atoms. The first kappa shape index (κ1) is 24.8. The van der Waals surface area contributed by atoms with Crippen molar-refractivity contribution in [2.75, 3.05) is 25.3 Å². The van der Waals surface area contributed by atoms with Crippen molar-refractivity contribution in [2.45, 2.75) is 28.9 Å². The van der Waals surface area contributed by atoms with Gasteiger partial charge in [0.1, 0.15) is 5.78 Å². The van der Waals surface area contributed by atoms with Crippen LogP contribution in [0.2, 0.25) is 0 Å². The molecular weight excluding hydrogens is 484 g/mol. The molecule has 0 aliphatic carbocycles. The summed E-state index contributed by atoms with van der Waals surface area (Å²) in [7, 11) is -3.91. The zero-order valence-electron chi connectivity index (χ0n) is 19.9. The monoisotopic (exact) mass is 510 g/mol. The Morgan fingerprint density at radius 2 is 1.57 bits per heavy atom. The second-order valence-corrected chi connectivity index (χ2v) is 12.9. The molecule has 9 heteroatoms. The van der Waals surface area contributed by atoms with Crippen molar-refractivity contribution in [3.8, 4) is 0 Å². The molecular formula is C26H26N2O5S2. The molecule has 0 fully saturated rings. The minimum atomic E-state index is -3.84. The molecule has 0 aliphatic rings. The number of carbonyl (C=O) groups is 1. The highest BCUT2D eigenvalue weighted by molar-refractivity contribution is 7.91. The predicted octanol–water partition coefficient (Wildman–Crippen LogP) is 3.96. The summed E-state index contributed by atoms with van der Waals surface area (Å²) < 4.78 is 52.5. The molecule has 7 nitrogen and oxygen atoms in total. The van der Waals surface area contributed by atoms with Gasteiger partial charge in [-0.25, -0.2) is 16.8 Å². The number of Topliss-reactive ketones (excluding diaryl/α,β-unsaturated/α-hetero) is 1. The lowest BCUT2D eigenvalue weighted by atomic mass is 9.99. The van der Waals surface area contributed by atoms with Gasteiger partial charge in [0.25, 0.3) is 0 Å². The summed E-state index contributed by atoms with van der Waals surface area (Å²) in [5, 5.41) is 1.77. The number of hydrogen-bond donors (Lipinski definition) is 0. The zero-order chi connectivity index (χ0) is 25.5. The summed E-state index contributed by atoms with van der Waals surface area (Å²) in [6, 6.07) is 15.2. The first-order valence-corrected chi connectivity index (χ1v) is 14.4. The van der Waals surface area contributed by atoms with E-state index in [9.17, 15) is 21.6 Å². The number of aromatic nitrogens is 1. The zero-order valence-corrected chi connectivity index (χ0v) is 21.6. The van der Waals surface area contributed by atoms with Gasteiger partial charge in [-0.2, -0.15) is 0 Å². The summed E-state index contributed by atoms with van der Waals surface area (Å²) in [4.78, 5) is 18.0. The Morgan fingerprint density at radius 1 is 0.886 bits per heavy atom. The van der Waals surface area contributed by atoms with Gasteiger partial charge in [0.15, 0.2) is 19.7 Å². The smallest absolute Gasteiger partial charge is 0.184 e. The van der Waals surface area contributed by atoms with Crippen LogP contribution in [-0.4, -0.2) is 48.0 Å². The molecule has 0 spiro atoms. The third-order valence-corrected chi connectivity index (χ3v) is 8.60. The Hall–Kier alpha value is -3.30. The number of carbonyl (C=O) groups excluding carboxylic acids is 1. The molecule has 0 unspecified atom stereocenters. The molecule has 3 aromatic carbocycles. The van der Waals surface area contributed by atoms with Crippen molar-refractivity contribution in [2.24, 2.45) is 0 Å². The quantitative estimate of drug-likeness (QED) is 0.371. The van der Waals surface area contributed by atoms with Crippen LogP contribution in [0.25, 0.3) is 21.7 Å². The number of hydrogen-bond acceptors (Lipinski definition) is 7. The van der Waals surface area contributed by atoms with Gasteiger partial charge in [-0.15, -0.1) is 0 Å². The fourth-order valence-corrected chi connectivity index (χ4v) is 6.74. The number of rotatable bonds is 7. The van der Waals surface area contributed by atoms with E-state index in [-0.39, 0.29) is 27.7 Å². The summed E-state index contributed by atoms with van der Waals surface area (Å²) in [6.07, 6.45) is 2.81. The summed E-state index contributed by atoms with van der Waals surface area (Å²) in [5.74, 6) is -0.426. The van der Waals surface area contributed by atoms with Crippen molar-refractivity contribution in [1.82, 2.24) is 4.98 Å². The first-order chi connectivity index (χ1) is 16.4. The van der Waals surface area contributed by atoms with Gasteiger partial charge >= 0.3 is 0 Å². The van der Waals surface area contributed by atoms with Crippen LogP contribution < -0.4 is 4.90 Å². The van der Waals surface area contributed by atoms with Crippen LogP contribution in [0.1, 0.15) is 18.1 Å². The minimum absolute atomic E-state index is 0.0322. The van der Waals surface area contributed by atoms with Crippen LogP contribution in [0, 0.1) is 0 Å². The van der Waals surface area contributed by atoms with Gasteiger partial charge in [0.05, 0.1) is 21.1 Å². The lowest BCUT2D eigenvalue weighted by molar-refractivity contribution is -0.116. The van der Waals surface area contributed by atoms with E-state index < -0.39 is 19.7 Å². The number of fused-ring (bicyclic) bond motifs is 2. The number of sulfone groups is 2. The number of ketones is 1. The third-order valence-electron chi connectivity index (χ3n) is 5.75. The normalized spacial score (nSPS) is 12.2. The number of anilines is 1. The Bertz CT molecular complexity index is 1690. The summed E-state index contributed by atoms with van der Waals surface area (Å²) in [6.45, 7) is 1.48. The van der Waals surface area contributed by atoms with E-state index in [1.807, 2.05) is 25.1 Å². The van der Waals surface area contributed by atoms with Crippen molar-refractivity contribution in [1.29, 1.82) is 0 Å². The highest BCUT2D eigenvalue weighted by Crippen LogP contribution is 2.35. The fourth-order valence-electron chi connectivity index (χ4n) is 4.30. The molecule has 0 saturated carbocycles. The van der Waals surface area contributed by atoms with E-state index in [1.54, 1.807) is 42.6 Å². The van der Waals surface area contributed by atoms with Gasteiger partial charge in [-0.3, -0.25) is 9.78 Å². The molecule has 0 saturated heterocycles. The second kappa shape index (κ2) is 9.05. The first-order valence-electron chi connectivity index (χ1n) is 10.9. The molecule has 0 atom stereocenters. The highest BCUT2D eigenvalue weighted by atomic mass is 32.2. The fraction of sp³-hybridized carbons (Fsp3) is 0.231. The highest BCUT2D eigenvalue weighted by Gasteiger charge is 2.23. The van der Waals surface area contributed by atoms with Crippen LogP contribution in [0.5, 0.6) is 0 Å². The number of para-hydroxylation sites is 1. The van der Waals surface area contributed by atoms with E-state index >= 15 is 0 Å². The lowest BCUT2D eigenvalue weighted by Crippen LogP contribution is -2.12. The van der Waals surface area contributed by atoms with Gasteiger partial charge in [-0.05, 0) is 54.4 Å². The van der Waals surface area contributed by atoms with E-state index in [0.717, 1.165) is 6.26 Å². The molecule has 0 aliphatic heterocycles. The maximum absolute atomic E-state index is 13.5. The molecule has 0 radical (unpaired) electrons. The van der Waals surface area contributed by atoms with Crippen molar-refractivity contribution in [3.63, 3.8) is 0 Å². The Balaban J connectivity index is 1.95. The van der Waals surface area contributed by atoms with Crippen molar-refractivity contribution < 1.29 is 21.6 Å². The van der Waals surface area contributed by atoms with E-state index in [1.165, 1.54) is 19.1 Å². The average Bonchev–Trinajstić information content (AvgIpc) is 2.76. The maximum atomic E-state index is 13.5. The molecule has 4 aromatic rings. The SMILES string of the molecule is CC(=O)Cc1cc(N(C)C)c2cc(CS(=O)(=O)c3cccc4cccnc34)cc(S(C)(=O)=O)c2c1. The van der Waals surface area contributed by atoms with Gasteiger partial charge < -0.3 is 4.90 Å². The van der Waals surface area contributed by atoms with Crippen molar-refractivity contribution >= 4 is 52.8 Å². The number of pyridine rings is 1. The molecule has 35 heavy (non-hydrogen) atoms. The molecule has 4 rings (SSSR count). The molecule has 1 aromatic heterocycles. The maximum Gasteiger partial charge on any atom is 0.184 e. The Labute approximate surface area is 205 Å². The molecule has 0 N–H and O–H groups in total. The van der Waals surface area contributed by atoms with Gasteiger partial charge in [-0.1, -0.05) is 18.2 Å². The van der Waals surface area contributed by atoms with Crippen LogP contribution in [0.4, 0.5) is 5.69 Å². The predicted molar refractivity (Wildman–Crippen MR) is 138 cm³/mol. The molecule has 0 amide bonds. The number of benzene rings is 3. The Morgan fingerprint density at radius 3 is 2.23 bits per heavy atom. The molecule has 1 heterocycles. The molecule has 182 valence electrons.